The number of nitrogens with zero attached hydrogens (tertiary/aromatic N) is 3. The zero-order chi connectivity index (χ0) is 16.8. The third-order valence-corrected chi connectivity index (χ3v) is 2.49. The summed E-state index contributed by atoms with van der Waals surface area (Å²) in [5.41, 5.74) is 2.21. The van der Waals surface area contributed by atoms with Crippen molar-refractivity contribution >= 4 is 5.71 Å². The predicted octanol–water partition coefficient (Wildman–Crippen LogP) is 3.93. The lowest BCUT2D eigenvalue weighted by Gasteiger charge is -2.07. The van der Waals surface area contributed by atoms with Crippen molar-refractivity contribution in [3.8, 4) is 5.88 Å². The molecule has 1 aromatic heterocycles. The Morgan fingerprint density at radius 2 is 2.14 bits per heavy atom. The average molecular weight is 311 g/mol. The molecule has 0 aliphatic carbocycles. The van der Waals surface area contributed by atoms with Gasteiger partial charge in [-0.1, -0.05) is 13.5 Å². The van der Waals surface area contributed by atoms with Gasteiger partial charge in [0.05, 0.1) is 6.20 Å². The lowest BCUT2D eigenvalue weighted by atomic mass is 10.3. The van der Waals surface area contributed by atoms with Crippen LogP contribution in [-0.4, -0.2) is 21.9 Å². The summed E-state index contributed by atoms with van der Waals surface area (Å²) in [5.74, 6) is 0.770. The van der Waals surface area contributed by atoms with E-state index in [0.29, 0.717) is 12.2 Å². The number of aliphatic imine (C=N–C) groups is 1. The van der Waals surface area contributed by atoms with E-state index in [1.54, 1.807) is 13.0 Å². The van der Waals surface area contributed by atoms with Crippen LogP contribution in [0.15, 0.2) is 41.4 Å². The van der Waals surface area contributed by atoms with E-state index in [1.165, 1.54) is 6.08 Å². The van der Waals surface area contributed by atoms with Crippen LogP contribution in [0.4, 0.5) is 13.2 Å². The first-order valence-corrected chi connectivity index (χ1v) is 6.46. The Hall–Kier alpha value is -2.40. The van der Waals surface area contributed by atoms with Gasteiger partial charge in [0.25, 0.3) is 0 Å². The third-order valence-electron chi connectivity index (χ3n) is 2.49. The second-order valence-corrected chi connectivity index (χ2v) is 4.29. The summed E-state index contributed by atoms with van der Waals surface area (Å²) >= 11 is 0. The zero-order valence-electron chi connectivity index (χ0n) is 12.5. The standard InChI is InChI=1S/C15H16F3N3O/c1-5-7-13(9-19-10(3)15(16,17)18)22-14-8-12(6-2)20-11(4)21-14/h7-9H,1,6H2,2-4H3/b13-9+,19-10?. The predicted molar refractivity (Wildman–Crippen MR) is 77.7 cm³/mol. The molecular formula is C15H16F3N3O. The molecule has 0 N–H and O–H groups in total. The normalized spacial score (nSPS) is 12.8. The first-order valence-electron chi connectivity index (χ1n) is 6.46. The van der Waals surface area contributed by atoms with Crippen LogP contribution in [0.2, 0.25) is 0 Å². The fraction of sp³-hybridized carbons (Fsp3) is 0.333. The minimum atomic E-state index is -4.49. The van der Waals surface area contributed by atoms with Gasteiger partial charge in [-0.25, -0.2) is 4.98 Å². The van der Waals surface area contributed by atoms with Gasteiger partial charge >= 0.3 is 6.18 Å². The van der Waals surface area contributed by atoms with E-state index in [9.17, 15) is 13.2 Å². The summed E-state index contributed by atoms with van der Waals surface area (Å²) in [6.07, 6.45) is -1.58. The van der Waals surface area contributed by atoms with Crippen molar-refractivity contribution in [2.45, 2.75) is 33.4 Å². The Morgan fingerprint density at radius 1 is 1.45 bits per heavy atom. The number of rotatable bonds is 5. The molecule has 0 saturated carbocycles. The molecule has 1 aromatic rings. The van der Waals surface area contributed by atoms with Crippen LogP contribution >= 0.6 is 0 Å². The van der Waals surface area contributed by atoms with Crippen LogP contribution in [0, 0.1) is 6.92 Å². The van der Waals surface area contributed by atoms with E-state index in [1.807, 2.05) is 6.92 Å². The van der Waals surface area contributed by atoms with Crippen molar-refractivity contribution in [2.75, 3.05) is 0 Å². The molecule has 0 spiro atoms. The van der Waals surface area contributed by atoms with Gasteiger partial charge in [-0.05, 0) is 20.3 Å². The minimum absolute atomic E-state index is 0.0405. The van der Waals surface area contributed by atoms with Gasteiger partial charge in [0.15, 0.2) is 5.76 Å². The van der Waals surface area contributed by atoms with E-state index in [0.717, 1.165) is 18.8 Å². The smallest absolute Gasteiger partial charge is 0.429 e. The molecule has 22 heavy (non-hydrogen) atoms. The SMILES string of the molecule is C=C=C/C(=C\N=C(C)C(F)(F)F)Oc1cc(CC)nc(C)n1. The van der Waals surface area contributed by atoms with Crippen LogP contribution in [-0.2, 0) is 6.42 Å². The van der Waals surface area contributed by atoms with Crippen LogP contribution in [0.5, 0.6) is 5.88 Å². The number of alkyl halides is 3. The van der Waals surface area contributed by atoms with Gasteiger partial charge in [-0.2, -0.15) is 18.2 Å². The fourth-order valence-corrected chi connectivity index (χ4v) is 1.38. The van der Waals surface area contributed by atoms with Crippen molar-refractivity contribution in [1.82, 2.24) is 9.97 Å². The highest BCUT2D eigenvalue weighted by Gasteiger charge is 2.31. The molecule has 0 amide bonds. The molecular weight excluding hydrogens is 295 g/mol. The first-order chi connectivity index (χ1) is 10.3. The average Bonchev–Trinajstić information content (AvgIpc) is 2.42. The first kappa shape index (κ1) is 17.7. The van der Waals surface area contributed by atoms with Crippen LogP contribution in [0.1, 0.15) is 25.4 Å². The van der Waals surface area contributed by atoms with Crippen LogP contribution in [0.25, 0.3) is 0 Å². The number of aromatic nitrogens is 2. The summed E-state index contributed by atoms with van der Waals surface area (Å²) in [4.78, 5) is 11.6. The molecule has 118 valence electrons. The molecule has 0 saturated heterocycles. The summed E-state index contributed by atoms with van der Waals surface area (Å²) < 4.78 is 42.6. The van der Waals surface area contributed by atoms with Gasteiger partial charge in [0, 0.05) is 17.8 Å². The van der Waals surface area contributed by atoms with Crippen LogP contribution < -0.4 is 4.74 Å². The Labute approximate surface area is 126 Å². The molecule has 0 bridgehead atoms. The Kier molecular flexibility index (Phi) is 6.07. The molecule has 1 heterocycles. The molecule has 1 rings (SSSR count). The topological polar surface area (TPSA) is 47.4 Å². The number of allylic oxidation sites excluding steroid dienone is 1. The number of halogens is 3. The number of hydrogen-bond donors (Lipinski definition) is 0. The second kappa shape index (κ2) is 7.56. The zero-order valence-corrected chi connectivity index (χ0v) is 12.5. The Bertz CT molecular complexity index is 642. The molecule has 4 nitrogen and oxygen atoms in total. The summed E-state index contributed by atoms with van der Waals surface area (Å²) in [5, 5.41) is 0. The molecule has 0 radical (unpaired) electrons. The number of ether oxygens (including phenoxy) is 1. The quantitative estimate of drug-likeness (QED) is 0.358. The maximum absolute atomic E-state index is 12.4. The lowest BCUT2D eigenvalue weighted by molar-refractivity contribution is -0.0591. The van der Waals surface area contributed by atoms with Crippen molar-refractivity contribution < 1.29 is 17.9 Å². The van der Waals surface area contributed by atoms with Crippen molar-refractivity contribution in [3.63, 3.8) is 0 Å². The molecule has 0 aromatic carbocycles. The molecule has 0 aliphatic rings. The Balaban J connectivity index is 3.08. The van der Waals surface area contributed by atoms with Gasteiger partial charge in [0.1, 0.15) is 11.5 Å². The monoisotopic (exact) mass is 311 g/mol. The summed E-state index contributed by atoms with van der Waals surface area (Å²) in [6.45, 7) is 7.85. The second-order valence-electron chi connectivity index (χ2n) is 4.29. The minimum Gasteiger partial charge on any atom is -0.437 e. The number of hydrogen-bond acceptors (Lipinski definition) is 4. The van der Waals surface area contributed by atoms with E-state index in [-0.39, 0.29) is 11.6 Å². The van der Waals surface area contributed by atoms with E-state index in [2.05, 4.69) is 27.3 Å². The highest BCUT2D eigenvalue weighted by Crippen LogP contribution is 2.18. The van der Waals surface area contributed by atoms with E-state index < -0.39 is 11.9 Å². The van der Waals surface area contributed by atoms with Gasteiger partial charge in [-0.15, -0.1) is 5.73 Å². The third kappa shape index (κ3) is 5.54. The molecule has 0 atom stereocenters. The molecule has 7 heteroatoms. The van der Waals surface area contributed by atoms with Gasteiger partial charge in [0.2, 0.25) is 5.88 Å². The lowest BCUT2D eigenvalue weighted by Crippen LogP contribution is -2.18. The van der Waals surface area contributed by atoms with Crippen LogP contribution in [0.3, 0.4) is 0 Å². The van der Waals surface area contributed by atoms with E-state index >= 15 is 0 Å². The largest absolute Gasteiger partial charge is 0.437 e. The maximum Gasteiger partial charge on any atom is 0.429 e. The fourth-order valence-electron chi connectivity index (χ4n) is 1.38. The van der Waals surface area contributed by atoms with E-state index in [4.69, 9.17) is 4.74 Å². The van der Waals surface area contributed by atoms with Crippen molar-refractivity contribution in [3.05, 3.63) is 47.9 Å². The van der Waals surface area contributed by atoms with Crippen molar-refractivity contribution in [1.29, 1.82) is 0 Å². The van der Waals surface area contributed by atoms with Gasteiger partial charge in [-0.3, -0.25) is 4.99 Å². The Morgan fingerprint density at radius 3 is 2.68 bits per heavy atom. The van der Waals surface area contributed by atoms with Crippen molar-refractivity contribution in [2.24, 2.45) is 4.99 Å². The summed E-state index contributed by atoms with van der Waals surface area (Å²) in [6, 6.07) is 1.61. The van der Waals surface area contributed by atoms with Gasteiger partial charge < -0.3 is 4.74 Å². The highest BCUT2D eigenvalue weighted by atomic mass is 19.4. The summed E-state index contributed by atoms with van der Waals surface area (Å²) in [7, 11) is 0. The molecule has 0 fully saturated rings. The number of aryl methyl sites for hydroxylation is 2. The highest BCUT2D eigenvalue weighted by molar-refractivity contribution is 5.87. The molecule has 0 aliphatic heterocycles. The molecule has 0 unspecified atom stereocenters. The maximum atomic E-state index is 12.4.